The molecular formula is C12H17NO6S. The zero-order valence-electron chi connectivity index (χ0n) is 10.9. The quantitative estimate of drug-likeness (QED) is 0.621. The molecule has 1 aromatic carbocycles. The van der Waals surface area contributed by atoms with Crippen LogP contribution in [0.5, 0.6) is 5.75 Å². The van der Waals surface area contributed by atoms with Crippen molar-refractivity contribution in [1.29, 1.82) is 0 Å². The van der Waals surface area contributed by atoms with Gasteiger partial charge in [0.25, 0.3) is 0 Å². The molecule has 112 valence electrons. The second kappa shape index (κ2) is 7.22. The molecule has 8 heteroatoms. The number of nitrogens with one attached hydrogen (secondary N) is 1. The molecule has 0 saturated heterocycles. The van der Waals surface area contributed by atoms with Crippen molar-refractivity contribution >= 4 is 16.0 Å². The predicted molar refractivity (Wildman–Crippen MR) is 72.0 cm³/mol. The van der Waals surface area contributed by atoms with Crippen LogP contribution in [0, 0.1) is 0 Å². The molecule has 0 saturated carbocycles. The molecule has 7 nitrogen and oxygen atoms in total. The van der Waals surface area contributed by atoms with E-state index in [2.05, 4.69) is 9.46 Å². The summed E-state index contributed by atoms with van der Waals surface area (Å²) in [6.07, 6.45) is -0.0121. The lowest BCUT2D eigenvalue weighted by atomic mass is 10.1. The fourth-order valence-corrected chi connectivity index (χ4v) is 2.64. The minimum Gasteiger partial charge on any atom is -0.508 e. The highest BCUT2D eigenvalue weighted by Gasteiger charge is 2.24. The molecule has 20 heavy (non-hydrogen) atoms. The predicted octanol–water partition coefficient (Wildman–Crippen LogP) is -0.0463. The lowest BCUT2D eigenvalue weighted by molar-refractivity contribution is -0.138. The maximum atomic E-state index is 11.7. The van der Waals surface area contributed by atoms with Gasteiger partial charge >= 0.3 is 5.97 Å². The number of carbonyl (C=O) groups is 1. The van der Waals surface area contributed by atoms with E-state index in [1.165, 1.54) is 31.4 Å². The summed E-state index contributed by atoms with van der Waals surface area (Å²) in [5.74, 6) is -1.51. The summed E-state index contributed by atoms with van der Waals surface area (Å²) in [6.45, 7) is -0.0130. The summed E-state index contributed by atoms with van der Waals surface area (Å²) in [6, 6.07) is 4.63. The smallest absolute Gasteiger partial charge is 0.322 e. The number of hydrogen-bond acceptors (Lipinski definition) is 5. The molecule has 0 aromatic heterocycles. The van der Waals surface area contributed by atoms with E-state index >= 15 is 0 Å². The third kappa shape index (κ3) is 5.55. The van der Waals surface area contributed by atoms with Crippen LogP contribution in [0.3, 0.4) is 0 Å². The van der Waals surface area contributed by atoms with Gasteiger partial charge in [-0.1, -0.05) is 12.1 Å². The van der Waals surface area contributed by atoms with Crippen molar-refractivity contribution in [3.8, 4) is 5.75 Å². The van der Waals surface area contributed by atoms with Crippen LogP contribution in [-0.2, 0) is 26.0 Å². The Bertz CT molecular complexity index is 540. The van der Waals surface area contributed by atoms with Crippen molar-refractivity contribution in [3.63, 3.8) is 0 Å². The summed E-state index contributed by atoms with van der Waals surface area (Å²) in [5.41, 5.74) is 0.602. The molecule has 1 atom stereocenters. The molecule has 0 aliphatic heterocycles. The fourth-order valence-electron chi connectivity index (χ4n) is 1.52. The van der Waals surface area contributed by atoms with Gasteiger partial charge in [-0.2, -0.15) is 0 Å². The fraction of sp³-hybridized carbons (Fsp3) is 0.417. The van der Waals surface area contributed by atoms with Crippen LogP contribution in [0.4, 0.5) is 0 Å². The number of carboxylic acid groups (broad SMARTS) is 1. The maximum absolute atomic E-state index is 11.7. The Balaban J connectivity index is 2.75. The van der Waals surface area contributed by atoms with Crippen LogP contribution < -0.4 is 4.72 Å². The van der Waals surface area contributed by atoms with Crippen LogP contribution >= 0.6 is 0 Å². The second-order valence-electron chi connectivity index (χ2n) is 4.19. The third-order valence-corrected chi connectivity index (χ3v) is 3.90. The number of aliphatic carboxylic acids is 1. The Hall–Kier alpha value is -1.64. The van der Waals surface area contributed by atoms with E-state index in [9.17, 15) is 13.2 Å². The van der Waals surface area contributed by atoms with Crippen LogP contribution in [-0.4, -0.2) is 50.1 Å². The highest BCUT2D eigenvalue weighted by Crippen LogP contribution is 2.11. The largest absolute Gasteiger partial charge is 0.508 e. The summed E-state index contributed by atoms with van der Waals surface area (Å²) in [4.78, 5) is 11.1. The Morgan fingerprint density at radius 3 is 2.45 bits per heavy atom. The van der Waals surface area contributed by atoms with E-state index in [0.717, 1.165) is 0 Å². The highest BCUT2D eigenvalue weighted by molar-refractivity contribution is 7.89. The Labute approximate surface area is 117 Å². The van der Waals surface area contributed by atoms with Gasteiger partial charge < -0.3 is 14.9 Å². The average molecular weight is 303 g/mol. The summed E-state index contributed by atoms with van der Waals surface area (Å²) in [5, 5.41) is 18.2. The second-order valence-corrected chi connectivity index (χ2v) is 6.06. The third-order valence-electron chi connectivity index (χ3n) is 2.55. The van der Waals surface area contributed by atoms with Crippen LogP contribution in [0.25, 0.3) is 0 Å². The molecule has 0 amide bonds. The van der Waals surface area contributed by atoms with Gasteiger partial charge in [-0.25, -0.2) is 13.1 Å². The van der Waals surface area contributed by atoms with Crippen molar-refractivity contribution in [2.45, 2.75) is 12.5 Å². The topological polar surface area (TPSA) is 113 Å². The van der Waals surface area contributed by atoms with Gasteiger partial charge in [-0.05, 0) is 24.1 Å². The zero-order chi connectivity index (χ0) is 15.2. The first kappa shape index (κ1) is 16.4. The number of aromatic hydroxyl groups is 1. The van der Waals surface area contributed by atoms with Crippen molar-refractivity contribution in [2.75, 3.05) is 19.5 Å². The van der Waals surface area contributed by atoms with Gasteiger partial charge in [0.15, 0.2) is 0 Å². The molecule has 0 radical (unpaired) electrons. The maximum Gasteiger partial charge on any atom is 0.322 e. The van der Waals surface area contributed by atoms with Gasteiger partial charge in [-0.15, -0.1) is 0 Å². The summed E-state index contributed by atoms with van der Waals surface area (Å²) >= 11 is 0. The number of methoxy groups -OCH3 is 1. The number of rotatable bonds is 8. The van der Waals surface area contributed by atoms with Gasteiger partial charge in [0, 0.05) is 7.11 Å². The standard InChI is InChI=1S/C12H17NO6S/c1-19-6-7-20(17,18)13-11(12(15)16)8-9-2-4-10(14)5-3-9/h2-5,11,13-14H,6-8H2,1H3,(H,15,16)/t11-/m0/s1. The Kier molecular flexibility index (Phi) is 5.93. The minimum absolute atomic E-state index is 0.0121. The lowest BCUT2D eigenvalue weighted by Gasteiger charge is -2.14. The number of carboxylic acids is 1. The van der Waals surface area contributed by atoms with Gasteiger partial charge in [-0.3, -0.25) is 4.79 Å². The van der Waals surface area contributed by atoms with Gasteiger partial charge in [0.2, 0.25) is 10.0 Å². The Morgan fingerprint density at radius 1 is 1.35 bits per heavy atom. The van der Waals surface area contributed by atoms with E-state index < -0.39 is 22.0 Å². The summed E-state index contributed by atoms with van der Waals surface area (Å²) in [7, 11) is -2.36. The molecule has 0 fully saturated rings. The molecule has 0 aliphatic rings. The summed E-state index contributed by atoms with van der Waals surface area (Å²) < 4.78 is 30.1. The van der Waals surface area contributed by atoms with Crippen LogP contribution in [0.2, 0.25) is 0 Å². The highest BCUT2D eigenvalue weighted by atomic mass is 32.2. The first-order valence-electron chi connectivity index (χ1n) is 5.83. The number of phenols is 1. The first-order chi connectivity index (χ1) is 9.34. The number of hydrogen-bond donors (Lipinski definition) is 3. The minimum atomic E-state index is -3.72. The van der Waals surface area contributed by atoms with Crippen molar-refractivity contribution < 1.29 is 28.2 Å². The molecule has 0 unspecified atom stereocenters. The molecule has 1 rings (SSSR count). The van der Waals surface area contributed by atoms with E-state index in [0.29, 0.717) is 5.56 Å². The monoisotopic (exact) mass is 303 g/mol. The Morgan fingerprint density at radius 2 is 1.95 bits per heavy atom. The SMILES string of the molecule is COCCS(=O)(=O)N[C@@H](Cc1ccc(O)cc1)C(=O)O. The molecule has 0 heterocycles. The van der Waals surface area contributed by atoms with Crippen LogP contribution in [0.1, 0.15) is 5.56 Å². The number of phenolic OH excluding ortho intramolecular Hbond substituents is 1. The molecule has 3 N–H and O–H groups in total. The van der Waals surface area contributed by atoms with Crippen molar-refractivity contribution in [2.24, 2.45) is 0 Å². The lowest BCUT2D eigenvalue weighted by Crippen LogP contribution is -2.43. The van der Waals surface area contributed by atoms with Crippen LogP contribution in [0.15, 0.2) is 24.3 Å². The normalized spacial score (nSPS) is 13.1. The first-order valence-corrected chi connectivity index (χ1v) is 7.49. The van der Waals surface area contributed by atoms with Crippen molar-refractivity contribution in [3.05, 3.63) is 29.8 Å². The van der Waals surface area contributed by atoms with E-state index in [4.69, 9.17) is 10.2 Å². The van der Waals surface area contributed by atoms with E-state index in [-0.39, 0.29) is 24.5 Å². The van der Waals surface area contributed by atoms with E-state index in [1.807, 2.05) is 0 Å². The average Bonchev–Trinajstić information content (AvgIpc) is 2.38. The van der Waals surface area contributed by atoms with Gasteiger partial charge in [0.05, 0.1) is 12.4 Å². The zero-order valence-corrected chi connectivity index (χ0v) is 11.8. The number of benzene rings is 1. The number of ether oxygens (including phenoxy) is 1. The van der Waals surface area contributed by atoms with E-state index in [1.54, 1.807) is 0 Å². The van der Waals surface area contributed by atoms with Crippen molar-refractivity contribution in [1.82, 2.24) is 4.72 Å². The molecule has 0 spiro atoms. The van der Waals surface area contributed by atoms with Gasteiger partial charge in [0.1, 0.15) is 11.8 Å². The molecule has 1 aromatic rings. The molecule has 0 aliphatic carbocycles. The molecule has 0 bridgehead atoms. The number of sulfonamides is 1. The molecular weight excluding hydrogens is 286 g/mol.